The van der Waals surface area contributed by atoms with Gasteiger partial charge in [-0.15, -0.1) is 0 Å². The first-order valence-corrected chi connectivity index (χ1v) is 14.4. The maximum Gasteiger partial charge on any atom is 0.303 e. The van der Waals surface area contributed by atoms with Crippen molar-refractivity contribution >= 4 is 11.8 Å². The molecule has 0 heterocycles. The van der Waals surface area contributed by atoms with Crippen LogP contribution < -0.4 is 9.47 Å². The van der Waals surface area contributed by atoms with Gasteiger partial charge in [0.25, 0.3) is 0 Å². The van der Waals surface area contributed by atoms with Gasteiger partial charge in [-0.1, -0.05) is 100 Å². The summed E-state index contributed by atoms with van der Waals surface area (Å²) in [5.41, 5.74) is 0.621. The first kappa shape index (κ1) is 31.9. The Morgan fingerprint density at radius 1 is 0.846 bits per heavy atom. The minimum Gasteiger partial charge on any atom is -0.507 e. The van der Waals surface area contributed by atoms with E-state index >= 15 is 0 Å². The third-order valence-electron chi connectivity index (χ3n) is 7.10. The molecule has 2 aromatic carbocycles. The first-order valence-electron chi connectivity index (χ1n) is 14.4. The summed E-state index contributed by atoms with van der Waals surface area (Å²) in [5, 5.41) is 18.5. The number of carbonyl (C=O) groups is 2. The molecule has 0 spiro atoms. The largest absolute Gasteiger partial charge is 0.507 e. The number of phenolic OH excluding ortho intramolecular Hbond substituents is 1. The molecule has 0 radical (unpaired) electrons. The Labute approximate surface area is 234 Å². The van der Waals surface area contributed by atoms with Crippen molar-refractivity contribution in [3.63, 3.8) is 0 Å². The molecule has 1 unspecified atom stereocenters. The predicted molar refractivity (Wildman–Crippen MR) is 156 cm³/mol. The summed E-state index contributed by atoms with van der Waals surface area (Å²) in [5.74, 6) is 0.492. The van der Waals surface area contributed by atoms with Crippen LogP contribution in [0.15, 0.2) is 54.6 Å². The van der Waals surface area contributed by atoms with Crippen LogP contribution >= 0.6 is 0 Å². The van der Waals surface area contributed by atoms with Crippen molar-refractivity contribution < 1.29 is 29.3 Å². The summed E-state index contributed by atoms with van der Waals surface area (Å²) in [4.78, 5) is 22.7. The van der Waals surface area contributed by atoms with E-state index in [4.69, 9.17) is 14.6 Å². The van der Waals surface area contributed by atoms with Gasteiger partial charge >= 0.3 is 5.97 Å². The average Bonchev–Trinajstić information content (AvgIpc) is 3.47. The fourth-order valence-electron chi connectivity index (χ4n) is 4.85. The van der Waals surface area contributed by atoms with Crippen LogP contribution in [0.1, 0.15) is 106 Å². The molecule has 39 heavy (non-hydrogen) atoms. The van der Waals surface area contributed by atoms with E-state index in [2.05, 4.69) is 12.2 Å². The van der Waals surface area contributed by atoms with Gasteiger partial charge in [0.15, 0.2) is 0 Å². The van der Waals surface area contributed by atoms with Crippen molar-refractivity contribution in [1.29, 1.82) is 0 Å². The van der Waals surface area contributed by atoms with Crippen molar-refractivity contribution in [1.82, 2.24) is 0 Å². The molecule has 2 aromatic rings. The van der Waals surface area contributed by atoms with Crippen LogP contribution in [-0.2, 0) is 4.79 Å². The van der Waals surface area contributed by atoms with Crippen molar-refractivity contribution in [3.8, 4) is 17.2 Å². The number of rotatable bonds is 17. The highest BCUT2D eigenvalue weighted by Gasteiger charge is 2.20. The zero-order valence-corrected chi connectivity index (χ0v) is 23.7. The summed E-state index contributed by atoms with van der Waals surface area (Å²) in [7, 11) is 2.92. The van der Waals surface area contributed by atoms with Gasteiger partial charge in [0.05, 0.1) is 14.2 Å². The number of hydrogen-bond donors (Lipinski definition) is 2. The van der Waals surface area contributed by atoms with Gasteiger partial charge in [0, 0.05) is 24.1 Å². The topological polar surface area (TPSA) is 93.1 Å². The lowest BCUT2D eigenvalue weighted by Crippen LogP contribution is -2.04. The third-order valence-corrected chi connectivity index (χ3v) is 7.10. The molecule has 214 valence electrons. The maximum atomic E-state index is 12.4. The number of ether oxygens (including phenoxy) is 2. The van der Waals surface area contributed by atoms with Crippen LogP contribution in [0.4, 0.5) is 0 Å². The monoisotopic (exact) mass is 538 g/mol. The standard InChI is InChI=1S/C18H32O2.C15H14O4/c19-18(20)16-10-8-6-4-2-1-3-5-7-9-13-17-14-11-12-15-17;1-18-11-8-12(16)14(13(9-11)19-2)15(17)10-6-4-3-5-7-10/h11,14,17H,1-10,12-13,15-16H2,(H,19,20);3-9,16H,1-2H3. The van der Waals surface area contributed by atoms with Gasteiger partial charge in [-0.05, 0) is 31.6 Å². The van der Waals surface area contributed by atoms with Gasteiger partial charge in [-0.2, -0.15) is 0 Å². The Balaban J connectivity index is 0.000000274. The van der Waals surface area contributed by atoms with Crippen molar-refractivity contribution in [2.75, 3.05) is 14.2 Å². The summed E-state index contributed by atoms with van der Waals surface area (Å²) in [6.45, 7) is 0. The van der Waals surface area contributed by atoms with Crippen LogP contribution in [0.2, 0.25) is 0 Å². The highest BCUT2D eigenvalue weighted by Crippen LogP contribution is 2.34. The number of hydrogen-bond acceptors (Lipinski definition) is 5. The van der Waals surface area contributed by atoms with E-state index in [9.17, 15) is 14.7 Å². The number of phenols is 1. The van der Waals surface area contributed by atoms with E-state index < -0.39 is 5.97 Å². The molecule has 0 saturated heterocycles. The highest BCUT2D eigenvalue weighted by molar-refractivity contribution is 6.12. The fraction of sp³-hybridized carbons (Fsp3) is 0.515. The Kier molecular flexibility index (Phi) is 15.5. The molecule has 0 fully saturated rings. The van der Waals surface area contributed by atoms with Crippen LogP contribution in [0.25, 0.3) is 0 Å². The van der Waals surface area contributed by atoms with E-state index in [1.807, 2.05) is 6.07 Å². The molecule has 1 aliphatic rings. The zero-order chi connectivity index (χ0) is 28.3. The number of carboxylic acids is 1. The number of ketones is 1. The summed E-state index contributed by atoms with van der Waals surface area (Å²) >= 11 is 0. The van der Waals surface area contributed by atoms with Crippen LogP contribution in [0, 0.1) is 5.92 Å². The normalized spacial score (nSPS) is 13.9. The zero-order valence-electron chi connectivity index (χ0n) is 23.7. The van der Waals surface area contributed by atoms with E-state index in [1.54, 1.807) is 30.3 Å². The van der Waals surface area contributed by atoms with Crippen molar-refractivity contribution in [2.24, 2.45) is 5.92 Å². The smallest absolute Gasteiger partial charge is 0.303 e. The molecule has 3 rings (SSSR count). The molecule has 6 nitrogen and oxygen atoms in total. The Hall–Kier alpha value is -3.28. The predicted octanol–water partition coefficient (Wildman–Crippen LogP) is 8.36. The Bertz CT molecular complexity index is 1010. The van der Waals surface area contributed by atoms with Gasteiger partial charge in [-0.3, -0.25) is 9.59 Å². The Morgan fingerprint density at radius 2 is 1.46 bits per heavy atom. The molecule has 0 saturated carbocycles. The van der Waals surface area contributed by atoms with Crippen molar-refractivity contribution in [2.45, 2.75) is 89.9 Å². The summed E-state index contributed by atoms with van der Waals surface area (Å²) < 4.78 is 10.2. The molecule has 6 heteroatoms. The first-order chi connectivity index (χ1) is 19.0. The lowest BCUT2D eigenvalue weighted by atomic mass is 9.99. The Morgan fingerprint density at radius 3 is 2.00 bits per heavy atom. The molecular weight excluding hydrogens is 492 g/mol. The lowest BCUT2D eigenvalue weighted by Gasteiger charge is -2.11. The van der Waals surface area contributed by atoms with Crippen LogP contribution in [-0.4, -0.2) is 36.2 Å². The maximum absolute atomic E-state index is 12.4. The van der Waals surface area contributed by atoms with Gasteiger partial charge in [-0.25, -0.2) is 0 Å². The lowest BCUT2D eigenvalue weighted by molar-refractivity contribution is -0.137. The second-order valence-electron chi connectivity index (χ2n) is 10.2. The number of carboxylic acid groups (broad SMARTS) is 1. The second-order valence-corrected chi connectivity index (χ2v) is 10.2. The molecule has 1 atom stereocenters. The SMILES string of the molecule is COc1cc(O)c(C(=O)c2ccccc2)c(OC)c1.O=C(O)CCCCCCCCCCCCC1C=CCC1. The number of methoxy groups -OCH3 is 2. The van der Waals surface area contributed by atoms with Crippen LogP contribution in [0.5, 0.6) is 17.2 Å². The van der Waals surface area contributed by atoms with Gasteiger partial charge in [0.2, 0.25) is 5.78 Å². The molecule has 0 aromatic heterocycles. The van der Waals surface area contributed by atoms with E-state index in [0.717, 1.165) is 18.8 Å². The highest BCUT2D eigenvalue weighted by atomic mass is 16.5. The number of aliphatic carboxylic acids is 1. The molecule has 0 amide bonds. The number of benzene rings is 2. The molecule has 1 aliphatic carbocycles. The van der Waals surface area contributed by atoms with Gasteiger partial charge < -0.3 is 19.7 Å². The van der Waals surface area contributed by atoms with E-state index in [-0.39, 0.29) is 22.8 Å². The molecule has 0 aliphatic heterocycles. The van der Waals surface area contributed by atoms with Crippen LogP contribution in [0.3, 0.4) is 0 Å². The molecular formula is C33H46O6. The molecule has 2 N–H and O–H groups in total. The second kappa shape index (κ2) is 18.9. The van der Waals surface area contributed by atoms with E-state index in [0.29, 0.717) is 17.7 Å². The minimum atomic E-state index is -0.655. The average molecular weight is 539 g/mol. The number of unbranched alkanes of at least 4 members (excludes halogenated alkanes) is 9. The third kappa shape index (κ3) is 12.4. The number of allylic oxidation sites excluding steroid dienone is 2. The summed E-state index contributed by atoms with van der Waals surface area (Å²) in [6.07, 6.45) is 21.9. The molecule has 0 bridgehead atoms. The van der Waals surface area contributed by atoms with E-state index in [1.165, 1.54) is 90.9 Å². The summed E-state index contributed by atoms with van der Waals surface area (Å²) in [6, 6.07) is 11.7. The van der Waals surface area contributed by atoms with Crippen molar-refractivity contribution in [3.05, 3.63) is 65.7 Å². The minimum absolute atomic E-state index is 0.134. The quantitative estimate of drug-likeness (QED) is 0.119. The van der Waals surface area contributed by atoms with Gasteiger partial charge in [0.1, 0.15) is 22.8 Å². The number of carbonyl (C=O) groups excluding carboxylic acids is 1. The fourth-order valence-corrected chi connectivity index (χ4v) is 4.85. The number of aromatic hydroxyl groups is 1.